The predicted molar refractivity (Wildman–Crippen MR) is 109 cm³/mol. The second-order valence-electron chi connectivity index (χ2n) is 7.82. The zero-order valence-corrected chi connectivity index (χ0v) is 16.7. The molecule has 28 heavy (non-hydrogen) atoms. The molecule has 7 heteroatoms. The number of benzene rings is 1. The number of hydrogen-bond acceptors (Lipinski definition) is 5. The summed E-state index contributed by atoms with van der Waals surface area (Å²) in [6.45, 7) is 4.43. The Morgan fingerprint density at radius 3 is 2.71 bits per heavy atom. The van der Waals surface area contributed by atoms with Gasteiger partial charge < -0.3 is 15.7 Å². The van der Waals surface area contributed by atoms with Crippen LogP contribution in [0, 0.1) is 6.92 Å². The number of piperidine rings is 1. The molecule has 6 nitrogen and oxygen atoms in total. The highest BCUT2D eigenvalue weighted by Gasteiger charge is 2.42. The molecule has 2 aromatic rings. The van der Waals surface area contributed by atoms with Gasteiger partial charge in [0.25, 0.3) is 5.91 Å². The van der Waals surface area contributed by atoms with E-state index >= 15 is 0 Å². The summed E-state index contributed by atoms with van der Waals surface area (Å²) in [7, 11) is 0. The van der Waals surface area contributed by atoms with Crippen molar-refractivity contribution in [1.82, 2.24) is 14.8 Å². The number of piperazine rings is 1. The van der Waals surface area contributed by atoms with Gasteiger partial charge in [-0.15, -0.1) is 0 Å². The molecule has 3 N–H and O–H groups in total. The van der Waals surface area contributed by atoms with Gasteiger partial charge in [-0.3, -0.25) is 9.69 Å². The maximum absolute atomic E-state index is 13.0. The molecule has 2 saturated heterocycles. The van der Waals surface area contributed by atoms with Gasteiger partial charge in [-0.1, -0.05) is 23.7 Å². The van der Waals surface area contributed by atoms with Crippen molar-refractivity contribution >= 4 is 23.3 Å². The number of nitrogen functional groups attached to an aromatic ring is 1. The maximum Gasteiger partial charge on any atom is 0.255 e. The number of halogens is 1. The SMILES string of the molecule is Cc1nc(N)ccc1C(=O)N1CCN2C[C@@](O)(c3ccc(Cl)cc3)CC[C@@H]2C1. The summed E-state index contributed by atoms with van der Waals surface area (Å²) in [4.78, 5) is 21.4. The molecule has 2 aliphatic rings. The fraction of sp³-hybridized carbons (Fsp3) is 0.429. The number of aliphatic hydroxyl groups is 1. The lowest BCUT2D eigenvalue weighted by molar-refractivity contribution is -0.0740. The molecule has 0 unspecified atom stereocenters. The lowest BCUT2D eigenvalue weighted by Gasteiger charge is -2.49. The summed E-state index contributed by atoms with van der Waals surface area (Å²) >= 11 is 5.98. The van der Waals surface area contributed by atoms with E-state index in [0.717, 1.165) is 18.5 Å². The summed E-state index contributed by atoms with van der Waals surface area (Å²) in [5, 5.41) is 11.9. The summed E-state index contributed by atoms with van der Waals surface area (Å²) in [5.74, 6) is 0.427. The van der Waals surface area contributed by atoms with Crippen molar-refractivity contribution in [3.8, 4) is 0 Å². The van der Waals surface area contributed by atoms with Crippen LogP contribution in [0.5, 0.6) is 0 Å². The van der Waals surface area contributed by atoms with Gasteiger partial charge in [0, 0.05) is 37.2 Å². The third kappa shape index (κ3) is 3.60. The molecule has 2 fully saturated rings. The van der Waals surface area contributed by atoms with E-state index in [0.29, 0.717) is 48.2 Å². The van der Waals surface area contributed by atoms with Crippen LogP contribution in [0.4, 0.5) is 5.82 Å². The van der Waals surface area contributed by atoms with Crippen LogP contribution in [-0.2, 0) is 5.60 Å². The average molecular weight is 401 g/mol. The minimum atomic E-state index is -0.870. The Balaban J connectivity index is 1.45. The summed E-state index contributed by atoms with van der Waals surface area (Å²) in [5.41, 5.74) is 7.00. The number of hydrogen-bond donors (Lipinski definition) is 2. The molecular weight excluding hydrogens is 376 g/mol. The van der Waals surface area contributed by atoms with E-state index in [1.54, 1.807) is 12.1 Å². The van der Waals surface area contributed by atoms with Crippen LogP contribution in [0.2, 0.25) is 5.02 Å². The van der Waals surface area contributed by atoms with E-state index < -0.39 is 5.60 Å². The topological polar surface area (TPSA) is 82.7 Å². The molecule has 1 aromatic heterocycles. The highest BCUT2D eigenvalue weighted by Crippen LogP contribution is 2.36. The Hall–Kier alpha value is -2.15. The molecule has 148 valence electrons. The van der Waals surface area contributed by atoms with Crippen LogP contribution in [0.15, 0.2) is 36.4 Å². The first kappa shape index (κ1) is 19.2. The quantitative estimate of drug-likeness (QED) is 0.809. The van der Waals surface area contributed by atoms with Gasteiger partial charge in [-0.05, 0) is 49.6 Å². The molecule has 0 spiro atoms. The number of aromatic nitrogens is 1. The number of amides is 1. The largest absolute Gasteiger partial charge is 0.384 e. The van der Waals surface area contributed by atoms with Gasteiger partial charge in [-0.25, -0.2) is 4.98 Å². The Morgan fingerprint density at radius 1 is 1.25 bits per heavy atom. The lowest BCUT2D eigenvalue weighted by atomic mass is 9.82. The van der Waals surface area contributed by atoms with Crippen LogP contribution in [0.25, 0.3) is 0 Å². The van der Waals surface area contributed by atoms with E-state index in [9.17, 15) is 9.90 Å². The molecule has 1 amide bonds. The van der Waals surface area contributed by atoms with Crippen molar-refractivity contribution in [2.45, 2.75) is 31.4 Å². The first-order valence-electron chi connectivity index (χ1n) is 9.60. The van der Waals surface area contributed by atoms with E-state index in [1.165, 1.54) is 0 Å². The van der Waals surface area contributed by atoms with Crippen LogP contribution in [0.1, 0.15) is 34.5 Å². The van der Waals surface area contributed by atoms with Crippen molar-refractivity contribution in [3.05, 3.63) is 58.2 Å². The third-order valence-electron chi connectivity index (χ3n) is 5.97. The van der Waals surface area contributed by atoms with Crippen molar-refractivity contribution in [2.75, 3.05) is 31.9 Å². The second-order valence-corrected chi connectivity index (χ2v) is 8.26. The van der Waals surface area contributed by atoms with Crippen LogP contribution < -0.4 is 5.73 Å². The Bertz CT molecular complexity index is 888. The molecule has 2 atom stereocenters. The number of carbonyl (C=O) groups is 1. The van der Waals surface area contributed by atoms with Crippen LogP contribution in [0.3, 0.4) is 0 Å². The number of anilines is 1. The number of fused-ring (bicyclic) bond motifs is 1. The van der Waals surface area contributed by atoms with Crippen molar-refractivity contribution in [3.63, 3.8) is 0 Å². The number of carbonyl (C=O) groups excluding carboxylic acids is 1. The second kappa shape index (κ2) is 7.35. The van der Waals surface area contributed by atoms with Gasteiger partial charge in [0.05, 0.1) is 11.3 Å². The van der Waals surface area contributed by atoms with Gasteiger partial charge >= 0.3 is 0 Å². The van der Waals surface area contributed by atoms with Crippen LogP contribution >= 0.6 is 11.6 Å². The van der Waals surface area contributed by atoms with Gasteiger partial charge in [-0.2, -0.15) is 0 Å². The normalized spacial score (nSPS) is 25.4. The lowest BCUT2D eigenvalue weighted by Crippen LogP contribution is -2.60. The highest BCUT2D eigenvalue weighted by molar-refractivity contribution is 6.30. The molecule has 0 radical (unpaired) electrons. The van der Waals surface area contributed by atoms with Gasteiger partial charge in [0.15, 0.2) is 0 Å². The molecule has 0 bridgehead atoms. The number of nitrogens with two attached hydrogens (primary N) is 1. The van der Waals surface area contributed by atoms with Gasteiger partial charge in [0.2, 0.25) is 0 Å². The highest BCUT2D eigenvalue weighted by atomic mass is 35.5. The Morgan fingerprint density at radius 2 is 2.00 bits per heavy atom. The Kier molecular flexibility index (Phi) is 5.04. The van der Waals surface area contributed by atoms with E-state index in [-0.39, 0.29) is 11.9 Å². The zero-order valence-electron chi connectivity index (χ0n) is 15.9. The van der Waals surface area contributed by atoms with Crippen LogP contribution in [-0.4, -0.2) is 58.0 Å². The van der Waals surface area contributed by atoms with E-state index in [2.05, 4.69) is 9.88 Å². The fourth-order valence-electron chi connectivity index (χ4n) is 4.35. The monoisotopic (exact) mass is 400 g/mol. The third-order valence-corrected chi connectivity index (χ3v) is 6.22. The number of nitrogens with zero attached hydrogens (tertiary/aromatic N) is 3. The maximum atomic E-state index is 13.0. The minimum absolute atomic E-state index is 0.00295. The van der Waals surface area contributed by atoms with Crippen molar-refractivity contribution in [2.24, 2.45) is 0 Å². The molecule has 0 saturated carbocycles. The summed E-state index contributed by atoms with van der Waals surface area (Å²) < 4.78 is 0. The number of aryl methyl sites for hydroxylation is 1. The zero-order chi connectivity index (χ0) is 19.9. The molecule has 2 aliphatic heterocycles. The molecular formula is C21H25ClN4O2. The Labute approximate surface area is 169 Å². The van der Waals surface area contributed by atoms with E-state index in [1.807, 2.05) is 36.1 Å². The number of pyridine rings is 1. The smallest absolute Gasteiger partial charge is 0.255 e. The minimum Gasteiger partial charge on any atom is -0.384 e. The predicted octanol–water partition coefficient (Wildman–Crippen LogP) is 2.43. The van der Waals surface area contributed by atoms with E-state index in [4.69, 9.17) is 17.3 Å². The summed E-state index contributed by atoms with van der Waals surface area (Å²) in [6.07, 6.45) is 1.50. The fourth-order valence-corrected chi connectivity index (χ4v) is 4.48. The standard InChI is InChI=1S/C21H25ClN4O2/c1-14-18(6-7-19(23)24-14)20(27)25-10-11-26-13-21(28,9-8-17(26)12-25)15-2-4-16(22)5-3-15/h2-7,17,28H,8-13H2,1H3,(H2,23,24)/t17-,21-/m1/s1. The average Bonchev–Trinajstić information content (AvgIpc) is 2.67. The first-order chi connectivity index (χ1) is 13.4. The molecule has 1 aromatic carbocycles. The molecule has 4 rings (SSSR count). The first-order valence-corrected chi connectivity index (χ1v) is 9.98. The molecule has 3 heterocycles. The van der Waals surface area contributed by atoms with Crippen molar-refractivity contribution < 1.29 is 9.90 Å². The van der Waals surface area contributed by atoms with Gasteiger partial charge in [0.1, 0.15) is 11.4 Å². The summed E-state index contributed by atoms with van der Waals surface area (Å²) in [6, 6.07) is 11.1. The number of rotatable bonds is 2. The van der Waals surface area contributed by atoms with Crippen molar-refractivity contribution in [1.29, 1.82) is 0 Å². The molecule has 0 aliphatic carbocycles.